The Labute approximate surface area is 403 Å². The minimum atomic E-state index is -1.23. The third kappa shape index (κ3) is 9.32. The number of ether oxygens (including phenoxy) is 1. The minimum Gasteiger partial charge on any atom is -0.457 e. The molecule has 0 amide bonds. The molecule has 0 unspecified atom stereocenters. The second-order valence-electron chi connectivity index (χ2n) is 20.8. The number of para-hydroxylation sites is 3. The number of rotatable bonds is 9. The Morgan fingerprint density at radius 2 is 0.971 bits per heavy atom. The van der Waals surface area contributed by atoms with Crippen molar-refractivity contribution in [3.63, 3.8) is 0 Å². The van der Waals surface area contributed by atoms with Gasteiger partial charge in [-0.1, -0.05) is 92.6 Å². The van der Waals surface area contributed by atoms with Crippen molar-refractivity contribution in [2.75, 3.05) is 10.6 Å². The molecule has 0 aliphatic heterocycles. The first-order valence-electron chi connectivity index (χ1n) is 23.0. The molecule has 0 saturated carbocycles. The van der Waals surface area contributed by atoms with Crippen LogP contribution in [-0.4, -0.2) is 9.55 Å². The first-order valence-corrected chi connectivity index (χ1v) is 23.0. The van der Waals surface area contributed by atoms with Crippen molar-refractivity contribution in [3.05, 3.63) is 191 Å². The molecule has 2 N–H and O–H groups in total. The fourth-order valence-corrected chi connectivity index (χ4v) is 8.76. The van der Waals surface area contributed by atoms with Crippen molar-refractivity contribution in [1.82, 2.24) is 9.55 Å². The van der Waals surface area contributed by atoms with Gasteiger partial charge in [0.1, 0.15) is 52.2 Å². The first kappa shape index (κ1) is 47.5. The molecule has 9 rings (SSSR count). The highest BCUT2D eigenvalue weighted by Crippen LogP contribution is 2.47. The lowest BCUT2D eigenvalue weighted by Crippen LogP contribution is -2.13. The van der Waals surface area contributed by atoms with Gasteiger partial charge in [0.2, 0.25) is 0 Å². The zero-order valence-corrected chi connectivity index (χ0v) is 40.3. The molecule has 0 fully saturated rings. The molecule has 11 heteroatoms. The van der Waals surface area contributed by atoms with Crippen LogP contribution in [0.1, 0.15) is 79.0 Å². The van der Waals surface area contributed by atoms with E-state index in [-0.39, 0.29) is 27.6 Å². The molecule has 0 aliphatic rings. The van der Waals surface area contributed by atoms with Crippen LogP contribution < -0.4 is 15.4 Å². The molecule has 5 nitrogen and oxygen atoms in total. The van der Waals surface area contributed by atoms with E-state index in [9.17, 15) is 8.78 Å². The Kier molecular flexibility index (Phi) is 12.1. The van der Waals surface area contributed by atoms with E-state index >= 15 is 17.6 Å². The average Bonchev–Trinajstić information content (AvgIpc) is 3.59. The summed E-state index contributed by atoms with van der Waals surface area (Å²) in [6.45, 7) is 18.2. The molecular formula is C59H52F6N4O. The largest absolute Gasteiger partial charge is 0.457 e. The number of hydrogen-bond acceptors (Lipinski definition) is 4. The number of hydrogen-bond donors (Lipinski definition) is 2. The van der Waals surface area contributed by atoms with Crippen molar-refractivity contribution >= 4 is 44.6 Å². The summed E-state index contributed by atoms with van der Waals surface area (Å²) in [5, 5.41) is 8.85. The third-order valence-corrected chi connectivity index (χ3v) is 12.5. The maximum atomic E-state index is 15.9. The van der Waals surface area contributed by atoms with Crippen LogP contribution in [0.3, 0.4) is 0 Å². The van der Waals surface area contributed by atoms with Crippen molar-refractivity contribution in [3.8, 4) is 39.6 Å². The van der Waals surface area contributed by atoms with E-state index in [1.807, 2.05) is 75.5 Å². The van der Waals surface area contributed by atoms with E-state index in [2.05, 4.69) is 81.0 Å². The molecule has 9 aromatic rings. The van der Waals surface area contributed by atoms with Gasteiger partial charge in [0, 0.05) is 70.2 Å². The van der Waals surface area contributed by atoms with E-state index in [1.165, 1.54) is 12.1 Å². The zero-order chi connectivity index (χ0) is 50.0. The fraction of sp³-hybridized carbons (Fsp3) is 0.203. The van der Waals surface area contributed by atoms with E-state index in [0.717, 1.165) is 38.8 Å². The number of aromatic nitrogens is 2. The summed E-state index contributed by atoms with van der Waals surface area (Å²) in [6.07, 6.45) is 1.84. The Balaban J connectivity index is 1.16. The highest BCUT2D eigenvalue weighted by molar-refractivity contribution is 6.09. The lowest BCUT2D eigenvalue weighted by atomic mass is 9.82. The molecule has 7 aromatic carbocycles. The SMILES string of the molecule is CC(C)(C)c1cc(Nc2ccccc2Nc2c(-c3c(F)cc(F)cc3F)cc(C(C)(C)C)cc2-c2c(F)cc(F)cc2F)cc(Oc2ccc3c4ccccc4n(-c4cc(C(C)(C)C)ccn4)c3c2)c1. The molecule has 0 atom stereocenters. The number of halogens is 6. The summed E-state index contributed by atoms with van der Waals surface area (Å²) in [5.41, 5.74) is 3.04. The Hall–Kier alpha value is -7.53. The first-order chi connectivity index (χ1) is 33.0. The van der Waals surface area contributed by atoms with Crippen molar-refractivity contribution in [1.29, 1.82) is 0 Å². The van der Waals surface area contributed by atoms with Gasteiger partial charge < -0.3 is 15.4 Å². The summed E-state index contributed by atoms with van der Waals surface area (Å²) in [4.78, 5) is 4.82. The Morgan fingerprint density at radius 3 is 1.54 bits per heavy atom. The topological polar surface area (TPSA) is 51.1 Å². The summed E-state index contributed by atoms with van der Waals surface area (Å²) in [6, 6.07) is 36.3. The predicted octanol–water partition coefficient (Wildman–Crippen LogP) is 17.5. The second kappa shape index (κ2) is 17.8. The normalized spacial score (nSPS) is 12.2. The van der Waals surface area contributed by atoms with E-state index in [0.29, 0.717) is 58.4 Å². The number of anilines is 4. The minimum absolute atomic E-state index is 0.0969. The van der Waals surface area contributed by atoms with Gasteiger partial charge in [0.25, 0.3) is 0 Å². The van der Waals surface area contributed by atoms with Gasteiger partial charge in [-0.05, 0) is 99.7 Å². The lowest BCUT2D eigenvalue weighted by molar-refractivity contribution is 0.479. The van der Waals surface area contributed by atoms with Crippen LogP contribution in [0.25, 0.3) is 49.9 Å². The Bertz CT molecular complexity index is 3380. The molecule has 0 bridgehead atoms. The smallest absolute Gasteiger partial charge is 0.137 e. The molecule has 2 aromatic heterocycles. The van der Waals surface area contributed by atoms with Crippen molar-refractivity contribution in [2.45, 2.75) is 78.6 Å². The number of fused-ring (bicyclic) bond motifs is 3. The number of pyridine rings is 1. The van der Waals surface area contributed by atoms with Gasteiger partial charge in [-0.25, -0.2) is 31.3 Å². The fourth-order valence-electron chi connectivity index (χ4n) is 8.76. The molecule has 0 saturated heterocycles. The summed E-state index contributed by atoms with van der Waals surface area (Å²) in [7, 11) is 0. The highest BCUT2D eigenvalue weighted by atomic mass is 19.2. The van der Waals surface area contributed by atoms with Gasteiger partial charge in [-0.2, -0.15) is 0 Å². The number of nitrogens with one attached hydrogen (secondary N) is 2. The van der Waals surface area contributed by atoms with Crippen LogP contribution in [-0.2, 0) is 16.2 Å². The van der Waals surface area contributed by atoms with Gasteiger partial charge in [0.15, 0.2) is 0 Å². The summed E-state index contributed by atoms with van der Waals surface area (Å²) in [5.74, 6) is -5.32. The van der Waals surface area contributed by atoms with E-state index in [4.69, 9.17) is 9.72 Å². The van der Waals surface area contributed by atoms with E-state index in [1.54, 1.807) is 24.3 Å². The molecule has 0 radical (unpaired) electrons. The lowest BCUT2D eigenvalue weighted by Gasteiger charge is -2.26. The predicted molar refractivity (Wildman–Crippen MR) is 271 cm³/mol. The number of nitrogens with zero attached hydrogens (tertiary/aromatic N) is 2. The molecule has 0 aliphatic carbocycles. The van der Waals surface area contributed by atoms with Gasteiger partial charge >= 0.3 is 0 Å². The molecule has 2 heterocycles. The molecule has 0 spiro atoms. The monoisotopic (exact) mass is 946 g/mol. The maximum Gasteiger partial charge on any atom is 0.137 e. The summed E-state index contributed by atoms with van der Waals surface area (Å²) >= 11 is 0. The van der Waals surface area contributed by atoms with Crippen molar-refractivity contribution in [2.24, 2.45) is 0 Å². The molecule has 70 heavy (non-hydrogen) atoms. The third-order valence-electron chi connectivity index (χ3n) is 12.5. The molecule has 356 valence electrons. The van der Waals surface area contributed by atoms with Crippen LogP contribution in [0, 0.1) is 34.9 Å². The quantitative estimate of drug-likeness (QED) is 0.142. The van der Waals surface area contributed by atoms with E-state index < -0.39 is 51.4 Å². The van der Waals surface area contributed by atoms with Crippen LogP contribution in [0.2, 0.25) is 0 Å². The van der Waals surface area contributed by atoms with Gasteiger partial charge in [0.05, 0.1) is 39.2 Å². The standard InChI is InChI=1S/C59H52F6N4O/c1-57(2,3)33-20-21-66-53(26-33)69-51-17-13-10-14-41(51)42-19-18-39(32-52(42)69)70-40-23-34(58(4,5)6)22-38(31-40)67-49-15-11-12-16-50(49)68-56-43(54-45(62)27-36(60)28-46(54)63)24-35(59(7,8)9)25-44(56)55-47(64)29-37(61)30-48(55)65/h10-32,67-68H,1-9H3. The highest BCUT2D eigenvalue weighted by Gasteiger charge is 2.28. The summed E-state index contributed by atoms with van der Waals surface area (Å²) < 4.78 is 101. The Morgan fingerprint density at radius 1 is 0.457 bits per heavy atom. The number of benzene rings is 7. The average molecular weight is 947 g/mol. The van der Waals surface area contributed by atoms with Crippen LogP contribution >= 0.6 is 0 Å². The second-order valence-corrected chi connectivity index (χ2v) is 20.8. The zero-order valence-electron chi connectivity index (χ0n) is 40.3. The maximum absolute atomic E-state index is 15.9. The van der Waals surface area contributed by atoms with Crippen molar-refractivity contribution < 1.29 is 31.1 Å². The van der Waals surface area contributed by atoms with Gasteiger partial charge in [-0.3, -0.25) is 4.57 Å². The van der Waals surface area contributed by atoms with Crippen LogP contribution in [0.5, 0.6) is 11.5 Å². The van der Waals surface area contributed by atoms with Crippen LogP contribution in [0.4, 0.5) is 49.1 Å². The van der Waals surface area contributed by atoms with Gasteiger partial charge in [-0.15, -0.1) is 0 Å². The molecular weight excluding hydrogens is 895 g/mol. The van der Waals surface area contributed by atoms with Crippen LogP contribution in [0.15, 0.2) is 140 Å².